The van der Waals surface area contributed by atoms with Gasteiger partial charge in [-0.3, -0.25) is 4.40 Å². The molecule has 0 aliphatic carbocycles. The second-order valence-corrected chi connectivity index (χ2v) is 6.50. The molecule has 0 amide bonds. The molecule has 25 heavy (non-hydrogen) atoms. The first-order chi connectivity index (χ1) is 12.3. The zero-order valence-electron chi connectivity index (χ0n) is 14.1. The molecule has 0 N–H and O–H groups in total. The fraction of sp³-hybridized carbons (Fsp3) is 0.143. The van der Waals surface area contributed by atoms with Crippen molar-refractivity contribution in [3.63, 3.8) is 0 Å². The summed E-state index contributed by atoms with van der Waals surface area (Å²) in [4.78, 5) is 11.6. The summed E-state index contributed by atoms with van der Waals surface area (Å²) >= 11 is 0. The Morgan fingerprint density at radius 3 is 2.72 bits per heavy atom. The van der Waals surface area contributed by atoms with E-state index in [1.54, 1.807) is 0 Å². The van der Waals surface area contributed by atoms with Gasteiger partial charge >= 0.3 is 0 Å². The van der Waals surface area contributed by atoms with Gasteiger partial charge in [0.05, 0.1) is 23.6 Å². The third kappa shape index (κ3) is 2.22. The molecule has 1 aliphatic rings. The summed E-state index contributed by atoms with van der Waals surface area (Å²) in [5, 5.41) is 0. The Balaban J connectivity index is 1.58. The maximum absolute atomic E-state index is 4.94. The summed E-state index contributed by atoms with van der Waals surface area (Å²) in [6.07, 6.45) is 6.08. The minimum Gasteiger partial charge on any atom is -0.347 e. The molecule has 1 aliphatic heterocycles. The molecule has 0 atom stereocenters. The van der Waals surface area contributed by atoms with Crippen LogP contribution in [0.25, 0.3) is 22.1 Å². The Labute approximate surface area is 146 Å². The van der Waals surface area contributed by atoms with E-state index in [0.29, 0.717) is 0 Å². The van der Waals surface area contributed by atoms with E-state index in [0.717, 1.165) is 35.5 Å². The maximum Gasteiger partial charge on any atom is 0.155 e. The van der Waals surface area contributed by atoms with Crippen LogP contribution in [0.5, 0.6) is 0 Å². The van der Waals surface area contributed by atoms with E-state index in [2.05, 4.69) is 63.7 Å². The topological polar surface area (TPSA) is 33.4 Å². The van der Waals surface area contributed by atoms with Crippen LogP contribution < -0.4 is 4.90 Å². The summed E-state index contributed by atoms with van der Waals surface area (Å²) in [5.74, 6) is 0.996. The van der Waals surface area contributed by atoms with Crippen molar-refractivity contribution >= 4 is 27.9 Å². The number of hydrogen-bond acceptors (Lipinski definition) is 3. The molecule has 4 nitrogen and oxygen atoms in total. The highest BCUT2D eigenvalue weighted by Crippen LogP contribution is 2.30. The standard InChI is InChI=1S/C21H18N4/c1-15-6-2-3-7-17(15)16-10-11-24(13-16)21-20-12-22-14-25(20)19-9-5-4-8-18(19)23-21/h2-10,12,14H,11,13H2,1H3. The number of aryl methyl sites for hydroxylation is 1. The van der Waals surface area contributed by atoms with Crippen molar-refractivity contribution in [1.29, 1.82) is 0 Å². The number of nitrogens with zero attached hydrogens (tertiary/aromatic N) is 4. The quantitative estimate of drug-likeness (QED) is 0.556. The van der Waals surface area contributed by atoms with Crippen molar-refractivity contribution in [1.82, 2.24) is 14.4 Å². The first-order valence-electron chi connectivity index (χ1n) is 8.52. The monoisotopic (exact) mass is 326 g/mol. The summed E-state index contributed by atoms with van der Waals surface area (Å²) < 4.78 is 2.13. The van der Waals surface area contributed by atoms with Crippen molar-refractivity contribution in [3.05, 3.63) is 78.3 Å². The normalized spacial score (nSPS) is 14.4. The smallest absolute Gasteiger partial charge is 0.155 e. The van der Waals surface area contributed by atoms with Crippen LogP contribution in [0, 0.1) is 6.92 Å². The summed E-state index contributed by atoms with van der Waals surface area (Å²) in [7, 11) is 0. The van der Waals surface area contributed by atoms with Crippen LogP contribution in [-0.4, -0.2) is 27.5 Å². The molecular formula is C21H18N4. The molecular weight excluding hydrogens is 308 g/mol. The van der Waals surface area contributed by atoms with Crippen molar-refractivity contribution in [2.75, 3.05) is 18.0 Å². The van der Waals surface area contributed by atoms with Crippen LogP contribution in [0.1, 0.15) is 11.1 Å². The van der Waals surface area contributed by atoms with Crippen molar-refractivity contribution in [2.24, 2.45) is 0 Å². The Morgan fingerprint density at radius 1 is 0.960 bits per heavy atom. The van der Waals surface area contributed by atoms with E-state index in [1.807, 2.05) is 24.7 Å². The average Bonchev–Trinajstić information content (AvgIpc) is 3.31. The molecule has 2 aromatic heterocycles. The minimum atomic E-state index is 0.871. The summed E-state index contributed by atoms with van der Waals surface area (Å²) in [6, 6.07) is 16.8. The fourth-order valence-electron chi connectivity index (χ4n) is 3.66. The van der Waals surface area contributed by atoms with Crippen LogP contribution in [-0.2, 0) is 0 Å². The average molecular weight is 326 g/mol. The van der Waals surface area contributed by atoms with Crippen LogP contribution in [0.2, 0.25) is 0 Å². The Kier molecular flexibility index (Phi) is 3.10. The number of hydrogen-bond donors (Lipinski definition) is 0. The van der Waals surface area contributed by atoms with Crippen molar-refractivity contribution in [3.8, 4) is 0 Å². The zero-order valence-corrected chi connectivity index (χ0v) is 14.1. The molecule has 3 heterocycles. The molecule has 4 aromatic rings. The van der Waals surface area contributed by atoms with Gasteiger partial charge in [-0.05, 0) is 35.8 Å². The molecule has 0 bridgehead atoms. The van der Waals surface area contributed by atoms with Gasteiger partial charge < -0.3 is 4.90 Å². The highest BCUT2D eigenvalue weighted by atomic mass is 15.2. The molecule has 2 aromatic carbocycles. The lowest BCUT2D eigenvalue weighted by atomic mass is 10.0. The predicted molar refractivity (Wildman–Crippen MR) is 102 cm³/mol. The fourth-order valence-corrected chi connectivity index (χ4v) is 3.66. The third-order valence-corrected chi connectivity index (χ3v) is 4.95. The van der Waals surface area contributed by atoms with Crippen LogP contribution in [0.15, 0.2) is 67.1 Å². The van der Waals surface area contributed by atoms with Gasteiger partial charge in [-0.1, -0.05) is 42.5 Å². The molecule has 0 spiro atoms. The number of imidazole rings is 1. The number of rotatable bonds is 2. The molecule has 0 unspecified atom stereocenters. The van der Waals surface area contributed by atoms with Crippen LogP contribution in [0.4, 0.5) is 5.82 Å². The van der Waals surface area contributed by atoms with Gasteiger partial charge in [0, 0.05) is 13.1 Å². The van der Waals surface area contributed by atoms with Gasteiger partial charge in [-0.15, -0.1) is 0 Å². The molecule has 0 saturated carbocycles. The minimum absolute atomic E-state index is 0.871. The van der Waals surface area contributed by atoms with Gasteiger partial charge in [0.2, 0.25) is 0 Å². The van der Waals surface area contributed by atoms with Crippen LogP contribution in [0.3, 0.4) is 0 Å². The number of anilines is 1. The van der Waals surface area contributed by atoms with E-state index in [9.17, 15) is 0 Å². The molecule has 0 fully saturated rings. The third-order valence-electron chi connectivity index (χ3n) is 4.95. The number of fused-ring (bicyclic) bond motifs is 3. The molecule has 0 saturated heterocycles. The van der Waals surface area contributed by atoms with Gasteiger partial charge in [-0.2, -0.15) is 0 Å². The zero-order chi connectivity index (χ0) is 16.8. The molecule has 4 heteroatoms. The number of para-hydroxylation sites is 2. The lowest BCUT2D eigenvalue weighted by Crippen LogP contribution is -2.21. The Morgan fingerprint density at radius 2 is 1.80 bits per heavy atom. The molecule has 5 rings (SSSR count). The molecule has 122 valence electrons. The lowest BCUT2D eigenvalue weighted by molar-refractivity contribution is 0.978. The lowest BCUT2D eigenvalue weighted by Gasteiger charge is -2.20. The van der Waals surface area contributed by atoms with E-state index >= 15 is 0 Å². The van der Waals surface area contributed by atoms with Gasteiger partial charge in [-0.25, -0.2) is 9.97 Å². The van der Waals surface area contributed by atoms with Crippen molar-refractivity contribution < 1.29 is 0 Å². The van der Waals surface area contributed by atoms with Crippen LogP contribution >= 0.6 is 0 Å². The van der Waals surface area contributed by atoms with Gasteiger partial charge in [0.1, 0.15) is 5.52 Å². The number of benzene rings is 2. The SMILES string of the molecule is Cc1ccccc1C1=CCN(c2nc3ccccc3n3cncc23)C1. The highest BCUT2D eigenvalue weighted by Gasteiger charge is 2.21. The van der Waals surface area contributed by atoms with Crippen molar-refractivity contribution in [2.45, 2.75) is 6.92 Å². The first kappa shape index (κ1) is 14.2. The largest absolute Gasteiger partial charge is 0.347 e. The molecule has 0 radical (unpaired) electrons. The van der Waals surface area contributed by atoms with E-state index in [-0.39, 0.29) is 0 Å². The predicted octanol–water partition coefficient (Wildman–Crippen LogP) is 4.09. The first-order valence-corrected chi connectivity index (χ1v) is 8.52. The second kappa shape index (κ2) is 5.45. The van der Waals surface area contributed by atoms with E-state index in [1.165, 1.54) is 16.7 Å². The van der Waals surface area contributed by atoms with E-state index in [4.69, 9.17) is 4.98 Å². The van der Waals surface area contributed by atoms with Gasteiger partial charge in [0.15, 0.2) is 5.82 Å². The van der Waals surface area contributed by atoms with E-state index < -0.39 is 0 Å². The second-order valence-electron chi connectivity index (χ2n) is 6.50. The van der Waals surface area contributed by atoms with Gasteiger partial charge in [0.25, 0.3) is 0 Å². The summed E-state index contributed by atoms with van der Waals surface area (Å²) in [6.45, 7) is 3.91. The Bertz CT molecular complexity index is 1120. The maximum atomic E-state index is 4.94. The Hall–Kier alpha value is -3.14. The number of aromatic nitrogens is 3. The highest BCUT2D eigenvalue weighted by molar-refractivity contribution is 5.86. The summed E-state index contributed by atoms with van der Waals surface area (Å²) in [5.41, 5.74) is 7.15.